The highest BCUT2D eigenvalue weighted by atomic mass is 16.2. The highest BCUT2D eigenvalue weighted by molar-refractivity contribution is 6.04. The van der Waals surface area contributed by atoms with E-state index >= 15 is 0 Å². The molecule has 0 radical (unpaired) electrons. The molecule has 0 fully saturated rings. The molecular formula is C19H19N3O2. The Bertz CT molecular complexity index is 960. The van der Waals surface area contributed by atoms with Crippen LogP contribution in [-0.4, -0.2) is 15.7 Å². The largest absolute Gasteiger partial charge is 0.347 e. The maximum Gasteiger partial charge on any atom is 0.274 e. The van der Waals surface area contributed by atoms with Gasteiger partial charge in [-0.25, -0.2) is 4.68 Å². The van der Waals surface area contributed by atoms with Crippen molar-refractivity contribution in [1.82, 2.24) is 15.1 Å². The monoisotopic (exact) mass is 321 g/mol. The van der Waals surface area contributed by atoms with Crippen LogP contribution in [-0.2, 0) is 13.1 Å². The number of benzene rings is 2. The summed E-state index contributed by atoms with van der Waals surface area (Å²) in [6.45, 7) is 4.68. The Morgan fingerprint density at radius 1 is 1.08 bits per heavy atom. The fraction of sp³-hybridized carbons (Fsp3) is 0.211. The number of aryl methyl sites for hydroxylation is 2. The number of hydrogen-bond acceptors (Lipinski definition) is 3. The zero-order valence-corrected chi connectivity index (χ0v) is 13.7. The number of nitrogens with zero attached hydrogens (tertiary/aromatic N) is 2. The van der Waals surface area contributed by atoms with Crippen molar-refractivity contribution in [3.05, 3.63) is 75.7 Å². The third-order valence-corrected chi connectivity index (χ3v) is 4.08. The zero-order chi connectivity index (χ0) is 17.1. The summed E-state index contributed by atoms with van der Waals surface area (Å²) in [6, 6.07) is 15.0. The predicted octanol–water partition coefficient (Wildman–Crippen LogP) is 2.65. The Balaban J connectivity index is 1.96. The maximum atomic E-state index is 12.6. The molecule has 0 atom stereocenters. The van der Waals surface area contributed by atoms with Crippen LogP contribution in [0.5, 0.6) is 0 Å². The summed E-state index contributed by atoms with van der Waals surface area (Å²) in [7, 11) is 0. The summed E-state index contributed by atoms with van der Waals surface area (Å²) >= 11 is 0. The Morgan fingerprint density at radius 3 is 2.46 bits per heavy atom. The van der Waals surface area contributed by atoms with E-state index in [2.05, 4.69) is 10.4 Å². The van der Waals surface area contributed by atoms with Crippen LogP contribution in [0.1, 0.15) is 28.5 Å². The highest BCUT2D eigenvalue weighted by Crippen LogP contribution is 2.14. The lowest BCUT2D eigenvalue weighted by Crippen LogP contribution is -2.30. The number of amides is 1. The molecule has 3 aromatic rings. The minimum absolute atomic E-state index is 0.177. The average molecular weight is 321 g/mol. The van der Waals surface area contributed by atoms with E-state index in [1.54, 1.807) is 24.3 Å². The summed E-state index contributed by atoms with van der Waals surface area (Å²) in [5, 5.41) is 8.24. The molecule has 122 valence electrons. The van der Waals surface area contributed by atoms with Crippen LogP contribution in [0.4, 0.5) is 0 Å². The van der Waals surface area contributed by atoms with Gasteiger partial charge in [-0.15, -0.1) is 0 Å². The molecule has 0 saturated carbocycles. The molecular weight excluding hydrogens is 302 g/mol. The van der Waals surface area contributed by atoms with Crippen molar-refractivity contribution in [3.63, 3.8) is 0 Å². The lowest BCUT2D eigenvalue weighted by atomic mass is 10.1. The predicted molar refractivity (Wildman–Crippen MR) is 94.0 cm³/mol. The van der Waals surface area contributed by atoms with E-state index in [4.69, 9.17) is 0 Å². The average Bonchev–Trinajstić information content (AvgIpc) is 2.61. The number of hydrogen-bond donors (Lipinski definition) is 1. The van der Waals surface area contributed by atoms with Gasteiger partial charge in [0.15, 0.2) is 5.69 Å². The molecule has 5 heteroatoms. The quantitative estimate of drug-likeness (QED) is 0.803. The van der Waals surface area contributed by atoms with Gasteiger partial charge in [-0.3, -0.25) is 9.59 Å². The SMILES string of the molecule is CCn1nc(C(=O)NCc2ccccc2C)c2ccccc2c1=O. The highest BCUT2D eigenvalue weighted by Gasteiger charge is 2.16. The van der Waals surface area contributed by atoms with E-state index in [1.165, 1.54) is 4.68 Å². The van der Waals surface area contributed by atoms with Gasteiger partial charge in [0.2, 0.25) is 0 Å². The fourth-order valence-electron chi connectivity index (χ4n) is 2.68. The minimum Gasteiger partial charge on any atom is -0.347 e. The molecule has 1 heterocycles. The van der Waals surface area contributed by atoms with Gasteiger partial charge in [0.1, 0.15) is 0 Å². The Kier molecular flexibility index (Phi) is 4.42. The first kappa shape index (κ1) is 15.9. The number of carbonyl (C=O) groups excluding carboxylic acids is 1. The summed E-state index contributed by atoms with van der Waals surface area (Å²) in [4.78, 5) is 25.0. The molecule has 0 spiro atoms. The third-order valence-electron chi connectivity index (χ3n) is 4.08. The number of rotatable bonds is 4. The zero-order valence-electron chi connectivity index (χ0n) is 13.7. The van der Waals surface area contributed by atoms with Gasteiger partial charge in [-0.1, -0.05) is 42.5 Å². The van der Waals surface area contributed by atoms with Gasteiger partial charge in [-0.2, -0.15) is 5.10 Å². The molecule has 3 rings (SSSR count). The number of aromatic nitrogens is 2. The second kappa shape index (κ2) is 6.66. The number of carbonyl (C=O) groups is 1. The topological polar surface area (TPSA) is 64.0 Å². The summed E-state index contributed by atoms with van der Waals surface area (Å²) < 4.78 is 1.32. The van der Waals surface area contributed by atoms with E-state index in [0.29, 0.717) is 23.9 Å². The second-order valence-corrected chi connectivity index (χ2v) is 5.62. The van der Waals surface area contributed by atoms with E-state index in [9.17, 15) is 9.59 Å². The van der Waals surface area contributed by atoms with Gasteiger partial charge < -0.3 is 5.32 Å². The lowest BCUT2D eigenvalue weighted by molar-refractivity contribution is 0.0945. The normalized spacial score (nSPS) is 10.8. The van der Waals surface area contributed by atoms with Crippen molar-refractivity contribution in [3.8, 4) is 0 Å². The second-order valence-electron chi connectivity index (χ2n) is 5.62. The molecule has 0 saturated heterocycles. The lowest BCUT2D eigenvalue weighted by Gasteiger charge is -2.11. The number of nitrogens with one attached hydrogen (secondary N) is 1. The van der Waals surface area contributed by atoms with Crippen molar-refractivity contribution < 1.29 is 4.79 Å². The van der Waals surface area contributed by atoms with Crippen molar-refractivity contribution in [2.75, 3.05) is 0 Å². The molecule has 0 unspecified atom stereocenters. The van der Waals surface area contributed by atoms with Gasteiger partial charge in [0, 0.05) is 18.5 Å². The Hall–Kier alpha value is -2.95. The van der Waals surface area contributed by atoms with Crippen LogP contribution in [0, 0.1) is 6.92 Å². The molecule has 0 aliphatic carbocycles. The number of fused-ring (bicyclic) bond motifs is 1. The van der Waals surface area contributed by atoms with Crippen LogP contribution >= 0.6 is 0 Å². The fourth-order valence-corrected chi connectivity index (χ4v) is 2.68. The Morgan fingerprint density at radius 2 is 1.75 bits per heavy atom. The summed E-state index contributed by atoms with van der Waals surface area (Å²) in [5.41, 5.74) is 2.28. The van der Waals surface area contributed by atoms with E-state index < -0.39 is 0 Å². The van der Waals surface area contributed by atoms with Crippen molar-refractivity contribution in [1.29, 1.82) is 0 Å². The van der Waals surface area contributed by atoms with Crippen molar-refractivity contribution >= 4 is 16.7 Å². The summed E-state index contributed by atoms with van der Waals surface area (Å²) in [6.07, 6.45) is 0. The van der Waals surface area contributed by atoms with E-state index in [-0.39, 0.29) is 17.2 Å². The standard InChI is InChI=1S/C19H19N3O2/c1-3-22-19(24)16-11-7-6-10-15(16)17(21-22)18(23)20-12-14-9-5-4-8-13(14)2/h4-11H,3,12H2,1-2H3,(H,20,23). The maximum absolute atomic E-state index is 12.6. The minimum atomic E-state index is -0.281. The van der Waals surface area contributed by atoms with Crippen LogP contribution in [0.25, 0.3) is 10.8 Å². The molecule has 1 aromatic heterocycles. The molecule has 2 aromatic carbocycles. The van der Waals surface area contributed by atoms with Gasteiger partial charge in [0.25, 0.3) is 11.5 Å². The van der Waals surface area contributed by atoms with Crippen molar-refractivity contribution in [2.45, 2.75) is 26.9 Å². The first-order valence-electron chi connectivity index (χ1n) is 7.94. The smallest absolute Gasteiger partial charge is 0.274 e. The molecule has 1 amide bonds. The molecule has 0 aliphatic heterocycles. The molecule has 1 N–H and O–H groups in total. The van der Waals surface area contributed by atoms with Gasteiger partial charge >= 0.3 is 0 Å². The van der Waals surface area contributed by atoms with Crippen LogP contribution in [0.3, 0.4) is 0 Å². The summed E-state index contributed by atoms with van der Waals surface area (Å²) in [5.74, 6) is -0.281. The molecule has 24 heavy (non-hydrogen) atoms. The van der Waals surface area contributed by atoms with Crippen LogP contribution < -0.4 is 10.9 Å². The Labute approximate surface area is 139 Å². The van der Waals surface area contributed by atoms with Crippen LogP contribution in [0.2, 0.25) is 0 Å². The molecule has 5 nitrogen and oxygen atoms in total. The van der Waals surface area contributed by atoms with Crippen LogP contribution in [0.15, 0.2) is 53.3 Å². The molecule has 0 aliphatic rings. The van der Waals surface area contributed by atoms with Gasteiger partial charge in [-0.05, 0) is 31.0 Å². The molecule has 0 bridgehead atoms. The third kappa shape index (κ3) is 2.93. The van der Waals surface area contributed by atoms with E-state index in [0.717, 1.165) is 11.1 Å². The van der Waals surface area contributed by atoms with E-state index in [1.807, 2.05) is 38.1 Å². The van der Waals surface area contributed by atoms with Crippen molar-refractivity contribution in [2.24, 2.45) is 0 Å². The van der Waals surface area contributed by atoms with Gasteiger partial charge in [0.05, 0.1) is 5.39 Å². The first-order chi connectivity index (χ1) is 11.6. The first-order valence-corrected chi connectivity index (χ1v) is 7.94.